The highest BCUT2D eigenvalue weighted by atomic mass is 16.4. The molecule has 0 aliphatic heterocycles. The summed E-state index contributed by atoms with van der Waals surface area (Å²) in [4.78, 5) is 29.9. The van der Waals surface area contributed by atoms with Gasteiger partial charge in [-0.3, -0.25) is 9.59 Å². The van der Waals surface area contributed by atoms with E-state index in [9.17, 15) is 9.59 Å². The molecule has 2 unspecified atom stereocenters. The van der Waals surface area contributed by atoms with E-state index in [1.165, 1.54) is 6.42 Å². The molecule has 1 aromatic rings. The van der Waals surface area contributed by atoms with Crippen LogP contribution in [0.5, 0.6) is 0 Å². The zero-order chi connectivity index (χ0) is 14.0. The highest BCUT2D eigenvalue weighted by Crippen LogP contribution is 2.34. The van der Waals surface area contributed by atoms with Crippen molar-refractivity contribution in [3.05, 3.63) is 27.4 Å². The summed E-state index contributed by atoms with van der Waals surface area (Å²) in [7, 11) is 0. The number of hydrogen-bond acceptors (Lipinski definition) is 3. The number of rotatable bonds is 3. The molecule has 104 valence electrons. The van der Waals surface area contributed by atoms with Gasteiger partial charge < -0.3 is 10.1 Å². The fourth-order valence-electron chi connectivity index (χ4n) is 2.87. The largest absolute Gasteiger partial charge is 0.481 e. The summed E-state index contributed by atoms with van der Waals surface area (Å²) in [6.07, 6.45) is 4.21. The number of carboxylic acids is 1. The van der Waals surface area contributed by atoms with Crippen LogP contribution in [0.25, 0.3) is 0 Å². The minimum Gasteiger partial charge on any atom is -0.481 e. The zero-order valence-electron chi connectivity index (χ0n) is 11.4. The van der Waals surface area contributed by atoms with Gasteiger partial charge in [-0.15, -0.1) is 0 Å². The fraction of sp³-hybridized carbons (Fsp3) is 0.643. The Balaban J connectivity index is 2.29. The Labute approximate surface area is 112 Å². The van der Waals surface area contributed by atoms with E-state index in [-0.39, 0.29) is 17.5 Å². The number of aromatic amines is 1. The highest BCUT2D eigenvalue weighted by molar-refractivity contribution is 5.70. The summed E-state index contributed by atoms with van der Waals surface area (Å²) in [5.41, 5.74) is 0.502. The van der Waals surface area contributed by atoms with Gasteiger partial charge in [0, 0.05) is 17.2 Å². The Kier molecular flexibility index (Phi) is 4.02. The summed E-state index contributed by atoms with van der Waals surface area (Å²) in [5.74, 6) is 0.676. The standard InChI is InChI=1S/C14H20N2O3/c1-8-4-3-5-10(6-8)13-15-9(2)11(7-12(17)18)14(19)16-13/h8,10H,3-7H2,1-2H3,(H,17,18)(H,15,16,19). The van der Waals surface area contributed by atoms with Crippen molar-refractivity contribution in [1.82, 2.24) is 9.97 Å². The summed E-state index contributed by atoms with van der Waals surface area (Å²) >= 11 is 0. The average molecular weight is 264 g/mol. The first-order valence-corrected chi connectivity index (χ1v) is 6.79. The molecule has 0 aromatic carbocycles. The number of aromatic nitrogens is 2. The van der Waals surface area contributed by atoms with Crippen LogP contribution in [-0.4, -0.2) is 21.0 Å². The van der Waals surface area contributed by atoms with Crippen molar-refractivity contribution in [1.29, 1.82) is 0 Å². The summed E-state index contributed by atoms with van der Waals surface area (Å²) in [5, 5.41) is 8.79. The first-order chi connectivity index (χ1) is 8.97. The lowest BCUT2D eigenvalue weighted by Gasteiger charge is -2.26. The van der Waals surface area contributed by atoms with Crippen molar-refractivity contribution in [2.24, 2.45) is 5.92 Å². The molecular weight excluding hydrogens is 244 g/mol. The number of nitrogens with zero attached hydrogens (tertiary/aromatic N) is 1. The lowest BCUT2D eigenvalue weighted by molar-refractivity contribution is -0.136. The van der Waals surface area contributed by atoms with E-state index < -0.39 is 5.97 Å². The molecule has 0 amide bonds. The van der Waals surface area contributed by atoms with Crippen LogP contribution in [0.3, 0.4) is 0 Å². The van der Waals surface area contributed by atoms with Gasteiger partial charge in [0.2, 0.25) is 0 Å². The van der Waals surface area contributed by atoms with Gasteiger partial charge in [0.1, 0.15) is 5.82 Å². The van der Waals surface area contributed by atoms with Crippen molar-refractivity contribution >= 4 is 5.97 Å². The van der Waals surface area contributed by atoms with Crippen LogP contribution >= 0.6 is 0 Å². The van der Waals surface area contributed by atoms with Crippen LogP contribution < -0.4 is 5.56 Å². The van der Waals surface area contributed by atoms with Gasteiger partial charge in [-0.1, -0.05) is 19.8 Å². The van der Waals surface area contributed by atoms with E-state index in [2.05, 4.69) is 16.9 Å². The second-order valence-electron chi connectivity index (χ2n) is 5.55. The molecule has 0 bridgehead atoms. The maximum Gasteiger partial charge on any atom is 0.308 e. The third kappa shape index (κ3) is 3.22. The van der Waals surface area contributed by atoms with Crippen molar-refractivity contribution in [3.8, 4) is 0 Å². The smallest absolute Gasteiger partial charge is 0.308 e. The Morgan fingerprint density at radius 1 is 1.47 bits per heavy atom. The quantitative estimate of drug-likeness (QED) is 0.874. The van der Waals surface area contributed by atoms with E-state index in [4.69, 9.17) is 5.11 Å². The normalized spacial score (nSPS) is 23.3. The zero-order valence-corrected chi connectivity index (χ0v) is 11.4. The molecule has 0 spiro atoms. The van der Waals surface area contributed by atoms with Crippen molar-refractivity contribution in [2.45, 2.75) is 51.9 Å². The Morgan fingerprint density at radius 2 is 2.21 bits per heavy atom. The topological polar surface area (TPSA) is 83.0 Å². The molecule has 5 nitrogen and oxygen atoms in total. The van der Waals surface area contributed by atoms with E-state index in [1.807, 2.05) is 0 Å². The Bertz CT molecular complexity index is 536. The van der Waals surface area contributed by atoms with Crippen LogP contribution in [-0.2, 0) is 11.2 Å². The summed E-state index contributed by atoms with van der Waals surface area (Å²) in [6.45, 7) is 3.93. The molecule has 1 aromatic heterocycles. The monoisotopic (exact) mass is 264 g/mol. The molecule has 2 atom stereocenters. The van der Waals surface area contributed by atoms with Crippen LogP contribution in [0.15, 0.2) is 4.79 Å². The first-order valence-electron chi connectivity index (χ1n) is 6.79. The number of aryl methyl sites for hydroxylation is 1. The van der Waals surface area contributed by atoms with Crippen LogP contribution in [0.1, 0.15) is 55.6 Å². The minimum atomic E-state index is -1.01. The number of nitrogens with one attached hydrogen (secondary N) is 1. The van der Waals surface area contributed by atoms with Gasteiger partial charge in [-0.05, 0) is 25.7 Å². The number of H-pyrrole nitrogens is 1. The fourth-order valence-corrected chi connectivity index (χ4v) is 2.87. The van der Waals surface area contributed by atoms with Crippen molar-refractivity contribution < 1.29 is 9.90 Å². The van der Waals surface area contributed by atoms with Gasteiger partial charge in [0.05, 0.1) is 6.42 Å². The third-order valence-corrected chi connectivity index (χ3v) is 3.89. The van der Waals surface area contributed by atoms with Crippen LogP contribution in [0.2, 0.25) is 0 Å². The maximum absolute atomic E-state index is 12.0. The summed E-state index contributed by atoms with van der Waals surface area (Å²) < 4.78 is 0. The Hall–Kier alpha value is -1.65. The molecule has 5 heteroatoms. The second-order valence-corrected chi connectivity index (χ2v) is 5.55. The van der Waals surface area contributed by atoms with E-state index in [1.54, 1.807) is 6.92 Å². The molecule has 1 heterocycles. The molecule has 1 saturated carbocycles. The molecule has 0 radical (unpaired) electrons. The van der Waals surface area contributed by atoms with E-state index >= 15 is 0 Å². The van der Waals surface area contributed by atoms with Crippen LogP contribution in [0.4, 0.5) is 0 Å². The average Bonchev–Trinajstić information content (AvgIpc) is 2.33. The van der Waals surface area contributed by atoms with Crippen LogP contribution in [0, 0.1) is 12.8 Å². The van der Waals surface area contributed by atoms with E-state index in [0.29, 0.717) is 17.5 Å². The molecule has 2 N–H and O–H groups in total. The van der Waals surface area contributed by atoms with Crippen molar-refractivity contribution in [2.75, 3.05) is 0 Å². The predicted molar refractivity (Wildman–Crippen MR) is 71.3 cm³/mol. The number of carboxylic acid groups (broad SMARTS) is 1. The lowest BCUT2D eigenvalue weighted by Crippen LogP contribution is -2.24. The molecule has 2 rings (SSSR count). The Morgan fingerprint density at radius 3 is 2.79 bits per heavy atom. The first kappa shape index (κ1) is 13.8. The van der Waals surface area contributed by atoms with Gasteiger partial charge in [-0.25, -0.2) is 4.98 Å². The van der Waals surface area contributed by atoms with Gasteiger partial charge in [0.15, 0.2) is 0 Å². The number of carbonyl (C=O) groups is 1. The van der Waals surface area contributed by atoms with Gasteiger partial charge >= 0.3 is 5.97 Å². The minimum absolute atomic E-state index is 0.264. The maximum atomic E-state index is 12.0. The molecule has 1 aliphatic rings. The lowest BCUT2D eigenvalue weighted by atomic mass is 9.82. The molecule has 1 fully saturated rings. The molecule has 1 aliphatic carbocycles. The third-order valence-electron chi connectivity index (χ3n) is 3.89. The van der Waals surface area contributed by atoms with E-state index in [0.717, 1.165) is 25.1 Å². The second kappa shape index (κ2) is 5.55. The SMILES string of the molecule is Cc1nc(C2CCCC(C)C2)[nH]c(=O)c1CC(=O)O. The number of aliphatic carboxylic acids is 1. The van der Waals surface area contributed by atoms with Crippen molar-refractivity contribution in [3.63, 3.8) is 0 Å². The molecular formula is C14H20N2O3. The number of hydrogen-bond donors (Lipinski definition) is 2. The van der Waals surface area contributed by atoms with Gasteiger partial charge in [0.25, 0.3) is 5.56 Å². The molecule has 19 heavy (non-hydrogen) atoms. The summed E-state index contributed by atoms with van der Waals surface area (Å²) in [6, 6.07) is 0. The van der Waals surface area contributed by atoms with Gasteiger partial charge in [-0.2, -0.15) is 0 Å². The predicted octanol–water partition coefficient (Wildman–Crippen LogP) is 2.00. The highest BCUT2D eigenvalue weighted by Gasteiger charge is 2.23. The molecule has 0 saturated heterocycles.